The smallest absolute Gasteiger partial charge is 0.221 e. The van der Waals surface area contributed by atoms with E-state index in [0.717, 1.165) is 31.6 Å². The minimum absolute atomic E-state index is 0.00654. The van der Waals surface area contributed by atoms with Crippen LogP contribution in [0.1, 0.15) is 12.0 Å². The van der Waals surface area contributed by atoms with Crippen molar-refractivity contribution in [2.75, 3.05) is 18.5 Å². The number of amides is 1. The molecule has 1 saturated heterocycles. The summed E-state index contributed by atoms with van der Waals surface area (Å²) >= 11 is 0. The fourth-order valence-corrected chi connectivity index (χ4v) is 2.07. The van der Waals surface area contributed by atoms with Crippen molar-refractivity contribution in [3.8, 4) is 0 Å². The molecular formula is C11H17N5O. The number of hydrogen-bond acceptors (Lipinski definition) is 5. The van der Waals surface area contributed by atoms with Crippen LogP contribution in [0.5, 0.6) is 0 Å². The van der Waals surface area contributed by atoms with Crippen LogP contribution in [0.15, 0.2) is 18.3 Å². The number of nitrogens with one attached hydrogen (secondary N) is 1. The maximum Gasteiger partial charge on any atom is 0.221 e. The summed E-state index contributed by atoms with van der Waals surface area (Å²) in [4.78, 5) is 17.4. The van der Waals surface area contributed by atoms with Gasteiger partial charge in [-0.2, -0.15) is 0 Å². The minimum Gasteiger partial charge on any atom is -0.369 e. The molecule has 1 aliphatic rings. The zero-order valence-electron chi connectivity index (χ0n) is 9.60. The Hall–Kier alpha value is -1.66. The molecule has 5 N–H and O–H groups in total. The Bertz CT molecular complexity index is 391. The Kier molecular flexibility index (Phi) is 3.55. The van der Waals surface area contributed by atoms with Crippen LogP contribution in [0.25, 0.3) is 0 Å². The Morgan fingerprint density at radius 1 is 1.59 bits per heavy atom. The molecular weight excluding hydrogens is 218 g/mol. The van der Waals surface area contributed by atoms with E-state index in [9.17, 15) is 4.79 Å². The number of carbonyl (C=O) groups is 1. The lowest BCUT2D eigenvalue weighted by Crippen LogP contribution is -2.27. The van der Waals surface area contributed by atoms with Gasteiger partial charge in [0.05, 0.1) is 5.92 Å². The van der Waals surface area contributed by atoms with Gasteiger partial charge in [0.2, 0.25) is 5.91 Å². The van der Waals surface area contributed by atoms with E-state index >= 15 is 0 Å². The maximum atomic E-state index is 11.0. The number of primary amides is 1. The van der Waals surface area contributed by atoms with Crippen molar-refractivity contribution >= 4 is 11.7 Å². The van der Waals surface area contributed by atoms with Gasteiger partial charge >= 0.3 is 0 Å². The van der Waals surface area contributed by atoms with Crippen LogP contribution < -0.4 is 17.0 Å². The Balaban J connectivity index is 1.91. The highest BCUT2D eigenvalue weighted by Gasteiger charge is 2.26. The molecule has 6 nitrogen and oxygen atoms in total. The number of nitrogens with two attached hydrogens (primary N) is 2. The lowest BCUT2D eigenvalue weighted by atomic mass is 10.1. The molecule has 2 rings (SSSR count). The predicted molar refractivity (Wildman–Crippen MR) is 64.6 cm³/mol. The Morgan fingerprint density at radius 3 is 2.94 bits per heavy atom. The van der Waals surface area contributed by atoms with E-state index in [1.807, 2.05) is 12.1 Å². The summed E-state index contributed by atoms with van der Waals surface area (Å²) in [6.45, 7) is 2.44. The van der Waals surface area contributed by atoms with Gasteiger partial charge in [-0.25, -0.2) is 10.8 Å². The average Bonchev–Trinajstić information content (AvgIpc) is 2.79. The van der Waals surface area contributed by atoms with E-state index in [4.69, 9.17) is 11.6 Å². The topological polar surface area (TPSA) is 97.3 Å². The van der Waals surface area contributed by atoms with E-state index in [0.29, 0.717) is 5.82 Å². The van der Waals surface area contributed by atoms with Crippen LogP contribution in [0, 0.1) is 5.92 Å². The van der Waals surface area contributed by atoms with Gasteiger partial charge in [-0.15, -0.1) is 0 Å². The molecule has 17 heavy (non-hydrogen) atoms. The lowest BCUT2D eigenvalue weighted by Gasteiger charge is -2.15. The van der Waals surface area contributed by atoms with Crippen LogP contribution in [0.3, 0.4) is 0 Å². The van der Waals surface area contributed by atoms with Crippen molar-refractivity contribution < 1.29 is 4.79 Å². The molecule has 2 heterocycles. The fraction of sp³-hybridized carbons (Fsp3) is 0.455. The molecule has 0 bridgehead atoms. The second-order valence-electron chi connectivity index (χ2n) is 4.32. The van der Waals surface area contributed by atoms with Crippen LogP contribution >= 0.6 is 0 Å². The molecule has 1 amide bonds. The van der Waals surface area contributed by atoms with Crippen molar-refractivity contribution in [2.45, 2.75) is 13.0 Å². The van der Waals surface area contributed by atoms with E-state index in [-0.39, 0.29) is 11.8 Å². The molecule has 1 aliphatic heterocycles. The van der Waals surface area contributed by atoms with Crippen LogP contribution in [-0.4, -0.2) is 28.9 Å². The summed E-state index contributed by atoms with van der Waals surface area (Å²) < 4.78 is 0. The average molecular weight is 235 g/mol. The molecule has 1 aromatic heterocycles. The highest BCUT2D eigenvalue weighted by atomic mass is 16.1. The van der Waals surface area contributed by atoms with Crippen LogP contribution in [-0.2, 0) is 11.3 Å². The number of likely N-dealkylation sites (tertiary alicyclic amines) is 1. The number of nitrogens with zero attached hydrogens (tertiary/aromatic N) is 2. The van der Waals surface area contributed by atoms with Crippen molar-refractivity contribution in [3.05, 3.63) is 23.9 Å². The number of hydrogen-bond donors (Lipinski definition) is 3. The van der Waals surface area contributed by atoms with E-state index in [2.05, 4.69) is 15.3 Å². The highest BCUT2D eigenvalue weighted by molar-refractivity contribution is 5.77. The monoisotopic (exact) mass is 235 g/mol. The zero-order chi connectivity index (χ0) is 12.3. The zero-order valence-corrected chi connectivity index (χ0v) is 9.60. The number of nitrogen functional groups attached to an aromatic ring is 1. The molecule has 1 atom stereocenters. The molecule has 1 unspecified atom stereocenters. The molecule has 0 aliphatic carbocycles. The summed E-state index contributed by atoms with van der Waals surface area (Å²) in [5.74, 6) is 5.68. The Morgan fingerprint density at radius 2 is 2.41 bits per heavy atom. The molecule has 92 valence electrons. The largest absolute Gasteiger partial charge is 0.369 e. The van der Waals surface area contributed by atoms with Crippen molar-refractivity contribution in [2.24, 2.45) is 17.5 Å². The fourth-order valence-electron chi connectivity index (χ4n) is 2.07. The number of aromatic nitrogens is 1. The van der Waals surface area contributed by atoms with Gasteiger partial charge in [0.25, 0.3) is 0 Å². The van der Waals surface area contributed by atoms with Gasteiger partial charge in [-0.1, -0.05) is 6.07 Å². The number of pyridine rings is 1. The third-order valence-electron chi connectivity index (χ3n) is 3.05. The van der Waals surface area contributed by atoms with Gasteiger partial charge in [-0.05, 0) is 24.6 Å². The molecule has 0 radical (unpaired) electrons. The molecule has 1 fully saturated rings. The third kappa shape index (κ3) is 2.92. The first-order chi connectivity index (χ1) is 8.19. The second-order valence-corrected chi connectivity index (χ2v) is 4.32. The van der Waals surface area contributed by atoms with Gasteiger partial charge < -0.3 is 11.2 Å². The van der Waals surface area contributed by atoms with E-state index in [1.54, 1.807) is 6.20 Å². The van der Waals surface area contributed by atoms with Gasteiger partial charge in [0.15, 0.2) is 0 Å². The van der Waals surface area contributed by atoms with E-state index in [1.165, 1.54) is 0 Å². The van der Waals surface area contributed by atoms with Crippen LogP contribution in [0.2, 0.25) is 0 Å². The predicted octanol–water partition coefficient (Wildman–Crippen LogP) is -0.326. The molecule has 0 spiro atoms. The lowest BCUT2D eigenvalue weighted by molar-refractivity contribution is -0.121. The molecule has 6 heteroatoms. The van der Waals surface area contributed by atoms with E-state index < -0.39 is 0 Å². The van der Waals surface area contributed by atoms with Gasteiger partial charge in [0, 0.05) is 19.3 Å². The number of anilines is 1. The third-order valence-corrected chi connectivity index (χ3v) is 3.05. The summed E-state index contributed by atoms with van der Waals surface area (Å²) in [5, 5.41) is 0. The first-order valence-electron chi connectivity index (χ1n) is 5.62. The summed E-state index contributed by atoms with van der Waals surface area (Å²) in [6.07, 6.45) is 2.64. The van der Waals surface area contributed by atoms with Crippen LogP contribution in [0.4, 0.5) is 5.82 Å². The van der Waals surface area contributed by atoms with Gasteiger partial charge in [-0.3, -0.25) is 9.69 Å². The van der Waals surface area contributed by atoms with Gasteiger partial charge in [0.1, 0.15) is 5.82 Å². The van der Waals surface area contributed by atoms with Crippen molar-refractivity contribution in [1.29, 1.82) is 0 Å². The van der Waals surface area contributed by atoms with Crippen molar-refractivity contribution in [1.82, 2.24) is 9.88 Å². The summed E-state index contributed by atoms with van der Waals surface area (Å²) in [5.41, 5.74) is 8.88. The number of hydrazine groups is 1. The highest BCUT2D eigenvalue weighted by Crippen LogP contribution is 2.18. The quantitative estimate of drug-likeness (QED) is 0.490. The molecule has 1 aromatic rings. The maximum absolute atomic E-state index is 11.0. The van der Waals surface area contributed by atoms with Crippen molar-refractivity contribution in [3.63, 3.8) is 0 Å². The SMILES string of the molecule is NNc1ccc(CN2CCC(C(N)=O)C2)cn1. The first kappa shape index (κ1) is 11.8. The summed E-state index contributed by atoms with van der Waals surface area (Å²) in [6, 6.07) is 3.80. The number of rotatable bonds is 4. The Labute approximate surface area is 100.0 Å². The number of carbonyl (C=O) groups excluding carboxylic acids is 1. The summed E-state index contributed by atoms with van der Waals surface area (Å²) in [7, 11) is 0. The minimum atomic E-state index is -0.201. The normalized spacial score (nSPS) is 20.4. The second kappa shape index (κ2) is 5.11. The first-order valence-corrected chi connectivity index (χ1v) is 5.62. The molecule has 0 saturated carbocycles. The standard InChI is InChI=1S/C11H17N5O/c12-11(17)9-3-4-16(7-9)6-8-1-2-10(15-13)14-5-8/h1-2,5,9H,3-4,6-7,13H2,(H2,12,17)(H,14,15). The molecule has 0 aromatic carbocycles.